The van der Waals surface area contributed by atoms with Crippen LogP contribution in [-0.4, -0.2) is 28.2 Å². The van der Waals surface area contributed by atoms with Crippen LogP contribution in [0.4, 0.5) is 0 Å². The molecule has 2 rings (SSSR count). The Morgan fingerprint density at radius 2 is 1.85 bits per heavy atom. The molecular formula is C14H19ClN4S. The predicted molar refractivity (Wildman–Crippen MR) is 89.0 cm³/mol. The van der Waals surface area contributed by atoms with Gasteiger partial charge in [0.05, 0.1) is 16.7 Å². The molecule has 0 saturated heterocycles. The van der Waals surface area contributed by atoms with E-state index in [0.29, 0.717) is 0 Å². The molecule has 1 aromatic carbocycles. The first-order chi connectivity index (χ1) is 9.24. The number of aliphatic imine (C=N–C) groups is 1. The summed E-state index contributed by atoms with van der Waals surface area (Å²) in [5.74, 6) is 0. The Balaban J connectivity index is 0.00000200. The minimum Gasteiger partial charge on any atom is -0.365 e. The van der Waals surface area contributed by atoms with Crippen molar-refractivity contribution in [1.29, 1.82) is 0 Å². The molecule has 0 bridgehead atoms. The number of aryl methyl sites for hydroxylation is 1. The zero-order valence-corrected chi connectivity index (χ0v) is 13.5. The lowest BCUT2D eigenvalue weighted by Crippen LogP contribution is -2.20. The number of benzene rings is 1. The third-order valence-corrected chi connectivity index (χ3v) is 3.57. The van der Waals surface area contributed by atoms with E-state index in [1.807, 2.05) is 38.1 Å². The van der Waals surface area contributed by atoms with Crippen molar-refractivity contribution in [2.75, 3.05) is 13.1 Å². The summed E-state index contributed by atoms with van der Waals surface area (Å²) in [7, 11) is 0. The average molecular weight is 311 g/mol. The number of amidine groups is 1. The van der Waals surface area contributed by atoms with E-state index in [-0.39, 0.29) is 12.4 Å². The van der Waals surface area contributed by atoms with Gasteiger partial charge in [0.15, 0.2) is 5.17 Å². The highest BCUT2D eigenvalue weighted by molar-refractivity contribution is 8.13. The predicted octanol–water partition coefficient (Wildman–Crippen LogP) is 3.44. The van der Waals surface area contributed by atoms with Gasteiger partial charge in [-0.3, -0.25) is 4.99 Å². The Morgan fingerprint density at radius 1 is 1.20 bits per heavy atom. The summed E-state index contributed by atoms with van der Waals surface area (Å²) in [5, 5.41) is 5.06. The van der Waals surface area contributed by atoms with Gasteiger partial charge in [0.2, 0.25) is 0 Å². The lowest BCUT2D eigenvalue weighted by molar-refractivity contribution is 0.962. The van der Waals surface area contributed by atoms with E-state index in [9.17, 15) is 0 Å². The van der Waals surface area contributed by atoms with Crippen molar-refractivity contribution in [2.45, 2.75) is 25.8 Å². The number of hydrogen-bond acceptors (Lipinski definition) is 4. The molecule has 0 aliphatic heterocycles. The number of nitrogens with zero attached hydrogens (tertiary/aromatic N) is 3. The van der Waals surface area contributed by atoms with Crippen LogP contribution in [0.1, 0.15) is 19.5 Å². The summed E-state index contributed by atoms with van der Waals surface area (Å²) in [5.41, 5.74) is 2.79. The van der Waals surface area contributed by atoms with Crippen molar-refractivity contribution >= 4 is 40.4 Å². The maximum atomic E-state index is 4.66. The zero-order valence-electron chi connectivity index (χ0n) is 11.9. The quantitative estimate of drug-likeness (QED) is 0.536. The van der Waals surface area contributed by atoms with Gasteiger partial charge in [-0.25, -0.2) is 9.97 Å². The number of thioether (sulfide) groups is 1. The van der Waals surface area contributed by atoms with Gasteiger partial charge >= 0.3 is 0 Å². The molecule has 0 amide bonds. The number of hydrogen-bond donors (Lipinski definition) is 1. The second kappa shape index (κ2) is 8.07. The fraction of sp³-hybridized carbons (Fsp3) is 0.357. The van der Waals surface area contributed by atoms with E-state index >= 15 is 0 Å². The third kappa shape index (κ3) is 4.08. The van der Waals surface area contributed by atoms with Gasteiger partial charge in [-0.15, -0.1) is 12.4 Å². The third-order valence-electron chi connectivity index (χ3n) is 2.52. The summed E-state index contributed by atoms with van der Waals surface area (Å²) in [6, 6.07) is 7.92. The molecule has 2 aromatic rings. The summed E-state index contributed by atoms with van der Waals surface area (Å²) < 4.78 is 0. The van der Waals surface area contributed by atoms with Crippen LogP contribution in [0.3, 0.4) is 0 Å². The molecule has 0 spiro atoms. The van der Waals surface area contributed by atoms with Crippen LogP contribution >= 0.6 is 24.2 Å². The second-order valence-corrected chi connectivity index (χ2v) is 4.99. The van der Waals surface area contributed by atoms with Crippen molar-refractivity contribution < 1.29 is 0 Å². The summed E-state index contributed by atoms with van der Waals surface area (Å²) in [6.07, 6.45) is 0. The molecule has 4 nitrogen and oxygen atoms in total. The first-order valence-electron chi connectivity index (χ1n) is 6.44. The average Bonchev–Trinajstić information content (AvgIpc) is 2.40. The van der Waals surface area contributed by atoms with E-state index < -0.39 is 0 Å². The van der Waals surface area contributed by atoms with E-state index in [1.54, 1.807) is 11.8 Å². The maximum absolute atomic E-state index is 4.66. The molecule has 0 aliphatic carbocycles. The smallest absolute Gasteiger partial charge is 0.162 e. The Hall–Kier alpha value is -1.33. The van der Waals surface area contributed by atoms with Gasteiger partial charge in [0, 0.05) is 13.1 Å². The zero-order chi connectivity index (χ0) is 13.7. The SMILES string of the molecule is CCN=C(NCC)Sc1nc2ccccc2nc1C.Cl. The molecule has 1 aromatic heterocycles. The van der Waals surface area contributed by atoms with E-state index in [1.165, 1.54) is 0 Å². The molecular weight excluding hydrogens is 292 g/mol. The number of nitrogens with one attached hydrogen (secondary N) is 1. The van der Waals surface area contributed by atoms with Crippen LogP contribution in [0.25, 0.3) is 11.0 Å². The second-order valence-electron chi connectivity index (χ2n) is 4.01. The van der Waals surface area contributed by atoms with E-state index in [2.05, 4.69) is 27.2 Å². The Morgan fingerprint density at radius 3 is 2.45 bits per heavy atom. The number of para-hydroxylation sites is 2. The van der Waals surface area contributed by atoms with Crippen molar-refractivity contribution in [3.8, 4) is 0 Å². The van der Waals surface area contributed by atoms with Crippen LogP contribution in [0.2, 0.25) is 0 Å². The van der Waals surface area contributed by atoms with E-state index in [0.717, 1.165) is 40.0 Å². The molecule has 0 saturated carbocycles. The molecule has 0 radical (unpaired) electrons. The lowest BCUT2D eigenvalue weighted by atomic mass is 10.3. The fourth-order valence-corrected chi connectivity index (χ4v) is 2.61. The molecule has 6 heteroatoms. The van der Waals surface area contributed by atoms with Gasteiger partial charge in [-0.2, -0.15) is 0 Å². The monoisotopic (exact) mass is 310 g/mol. The highest BCUT2D eigenvalue weighted by atomic mass is 35.5. The Kier molecular flexibility index (Phi) is 6.75. The van der Waals surface area contributed by atoms with E-state index in [4.69, 9.17) is 0 Å². The summed E-state index contributed by atoms with van der Waals surface area (Å²) in [6.45, 7) is 7.68. The molecule has 1 N–H and O–H groups in total. The number of fused-ring (bicyclic) bond motifs is 1. The van der Waals surface area contributed by atoms with Crippen molar-refractivity contribution in [1.82, 2.24) is 15.3 Å². The lowest BCUT2D eigenvalue weighted by Gasteiger charge is -2.09. The molecule has 0 aliphatic rings. The highest BCUT2D eigenvalue weighted by Crippen LogP contribution is 2.22. The number of rotatable bonds is 3. The number of halogens is 1. The normalized spacial score (nSPS) is 11.2. The maximum Gasteiger partial charge on any atom is 0.162 e. The molecule has 0 atom stereocenters. The standard InChI is InChI=1S/C14H18N4S.ClH/c1-4-15-14(16-5-2)19-13-10(3)17-11-8-6-7-9-12(11)18-13;/h6-9H,4-5H2,1-3H3,(H,15,16);1H. The molecule has 108 valence electrons. The first-order valence-corrected chi connectivity index (χ1v) is 7.25. The van der Waals surface area contributed by atoms with Gasteiger partial charge < -0.3 is 5.32 Å². The topological polar surface area (TPSA) is 50.2 Å². The van der Waals surface area contributed by atoms with Gasteiger partial charge in [-0.05, 0) is 44.7 Å². The van der Waals surface area contributed by atoms with Crippen LogP contribution in [0.15, 0.2) is 34.3 Å². The minimum absolute atomic E-state index is 0. The van der Waals surface area contributed by atoms with Crippen LogP contribution in [0, 0.1) is 6.92 Å². The van der Waals surface area contributed by atoms with Crippen molar-refractivity contribution in [3.63, 3.8) is 0 Å². The number of aromatic nitrogens is 2. The molecule has 1 heterocycles. The Bertz CT molecular complexity index is 601. The fourth-order valence-electron chi connectivity index (χ4n) is 1.68. The minimum atomic E-state index is 0. The first kappa shape index (κ1) is 16.7. The van der Waals surface area contributed by atoms with Crippen LogP contribution in [-0.2, 0) is 0 Å². The molecule has 0 fully saturated rings. The van der Waals surface area contributed by atoms with Gasteiger partial charge in [0.25, 0.3) is 0 Å². The molecule has 0 unspecified atom stereocenters. The summed E-state index contributed by atoms with van der Waals surface area (Å²) in [4.78, 5) is 13.7. The van der Waals surface area contributed by atoms with Crippen LogP contribution < -0.4 is 5.32 Å². The van der Waals surface area contributed by atoms with Crippen molar-refractivity contribution in [3.05, 3.63) is 30.0 Å². The Labute approximate surface area is 129 Å². The summed E-state index contributed by atoms with van der Waals surface area (Å²) >= 11 is 1.54. The van der Waals surface area contributed by atoms with Gasteiger partial charge in [0.1, 0.15) is 5.03 Å². The molecule has 20 heavy (non-hydrogen) atoms. The van der Waals surface area contributed by atoms with Crippen LogP contribution in [0.5, 0.6) is 0 Å². The van der Waals surface area contributed by atoms with Crippen molar-refractivity contribution in [2.24, 2.45) is 4.99 Å². The largest absolute Gasteiger partial charge is 0.365 e. The highest BCUT2D eigenvalue weighted by Gasteiger charge is 2.09. The van der Waals surface area contributed by atoms with Gasteiger partial charge in [-0.1, -0.05) is 12.1 Å².